The van der Waals surface area contributed by atoms with Gasteiger partial charge in [-0.2, -0.15) is 15.0 Å². The lowest BCUT2D eigenvalue weighted by molar-refractivity contribution is 0.0563. The number of nitrogens with zero attached hydrogens (tertiary/aromatic N) is 7. The topological polar surface area (TPSA) is 80.0 Å². The van der Waals surface area contributed by atoms with Crippen molar-refractivity contribution in [3.63, 3.8) is 0 Å². The second kappa shape index (κ2) is 7.95. The summed E-state index contributed by atoms with van der Waals surface area (Å²) in [4.78, 5) is 28.9. The summed E-state index contributed by atoms with van der Waals surface area (Å²) in [7, 11) is 0. The van der Waals surface area contributed by atoms with Crippen molar-refractivity contribution < 1.29 is 4.79 Å². The molecule has 166 valence electrons. The molecular formula is C25H25N7O. The van der Waals surface area contributed by atoms with Crippen LogP contribution in [-0.4, -0.2) is 61.9 Å². The number of hydrogen-bond donors (Lipinski definition) is 0. The lowest BCUT2D eigenvalue weighted by atomic mass is 9.84. The molecule has 6 rings (SSSR count). The second-order valence-corrected chi connectivity index (χ2v) is 9.15. The van der Waals surface area contributed by atoms with E-state index in [4.69, 9.17) is 4.98 Å². The molecule has 1 amide bonds. The van der Waals surface area contributed by atoms with Crippen molar-refractivity contribution in [1.82, 2.24) is 29.9 Å². The zero-order valence-electron chi connectivity index (χ0n) is 18.5. The third-order valence-electron chi connectivity index (χ3n) is 6.64. The van der Waals surface area contributed by atoms with Crippen LogP contribution in [0.2, 0.25) is 0 Å². The molecule has 2 atom stereocenters. The summed E-state index contributed by atoms with van der Waals surface area (Å²) in [5.41, 5.74) is 3.39. The van der Waals surface area contributed by atoms with Crippen molar-refractivity contribution in [2.24, 2.45) is 11.8 Å². The monoisotopic (exact) mass is 439 g/mol. The average Bonchev–Trinajstić information content (AvgIpc) is 3.37. The molecule has 0 spiro atoms. The molecule has 4 aromatic rings. The van der Waals surface area contributed by atoms with Gasteiger partial charge in [0, 0.05) is 37.8 Å². The first-order chi connectivity index (χ1) is 16.1. The molecule has 4 heterocycles. The SMILES string of the molecule is Cc1ccc(-n2nccn2)c(C(=O)N2CC3CC(C2)CN(c2ncc4ccccc4n2)C3)c1. The first-order valence-corrected chi connectivity index (χ1v) is 11.4. The normalized spacial score (nSPS) is 20.3. The molecule has 0 radical (unpaired) electrons. The van der Waals surface area contributed by atoms with Crippen LogP contribution >= 0.6 is 0 Å². The largest absolute Gasteiger partial charge is 0.340 e. The van der Waals surface area contributed by atoms with E-state index in [2.05, 4.69) is 20.1 Å². The van der Waals surface area contributed by atoms with Gasteiger partial charge in [-0.3, -0.25) is 4.79 Å². The van der Waals surface area contributed by atoms with E-state index in [-0.39, 0.29) is 5.91 Å². The predicted molar refractivity (Wildman–Crippen MR) is 125 cm³/mol. The van der Waals surface area contributed by atoms with Crippen LogP contribution < -0.4 is 4.90 Å². The average molecular weight is 440 g/mol. The highest BCUT2D eigenvalue weighted by Crippen LogP contribution is 2.32. The van der Waals surface area contributed by atoms with Gasteiger partial charge in [0.2, 0.25) is 5.95 Å². The van der Waals surface area contributed by atoms with Crippen molar-refractivity contribution >= 4 is 22.8 Å². The number of piperidine rings is 2. The summed E-state index contributed by atoms with van der Waals surface area (Å²) in [5.74, 6) is 1.63. The summed E-state index contributed by atoms with van der Waals surface area (Å²) >= 11 is 0. The van der Waals surface area contributed by atoms with Crippen LogP contribution in [0.5, 0.6) is 0 Å². The standard InChI is InChI=1S/C25H25N7O/c1-17-6-7-23(32-27-8-9-28-32)21(10-17)24(33)30-13-18-11-19(14-30)16-31(15-18)25-26-12-20-4-2-3-5-22(20)29-25/h2-10,12,18-19H,11,13-16H2,1H3. The Morgan fingerprint density at radius 2 is 1.73 bits per heavy atom. The zero-order chi connectivity index (χ0) is 22.4. The summed E-state index contributed by atoms with van der Waals surface area (Å²) < 4.78 is 0. The lowest BCUT2D eigenvalue weighted by Crippen LogP contribution is -2.54. The van der Waals surface area contributed by atoms with E-state index in [1.807, 2.05) is 60.5 Å². The molecule has 2 unspecified atom stereocenters. The predicted octanol–water partition coefficient (Wildman–Crippen LogP) is 3.12. The smallest absolute Gasteiger partial charge is 0.256 e. The Hall–Kier alpha value is -3.81. The number of para-hydroxylation sites is 1. The molecule has 2 aromatic carbocycles. The molecule has 2 aromatic heterocycles. The number of aromatic nitrogens is 5. The lowest BCUT2D eigenvalue weighted by Gasteiger charge is -2.45. The van der Waals surface area contributed by atoms with E-state index in [1.165, 1.54) is 4.80 Å². The number of benzene rings is 2. The van der Waals surface area contributed by atoms with Gasteiger partial charge in [0.1, 0.15) is 0 Å². The van der Waals surface area contributed by atoms with Crippen molar-refractivity contribution in [3.8, 4) is 5.69 Å². The number of hydrogen-bond acceptors (Lipinski definition) is 6. The van der Waals surface area contributed by atoms with Crippen LogP contribution in [0.4, 0.5) is 5.95 Å². The number of anilines is 1. The Kier molecular flexibility index (Phi) is 4.78. The van der Waals surface area contributed by atoms with Gasteiger partial charge >= 0.3 is 0 Å². The Morgan fingerprint density at radius 1 is 0.970 bits per heavy atom. The van der Waals surface area contributed by atoms with E-state index >= 15 is 0 Å². The Balaban J connectivity index is 1.23. The third kappa shape index (κ3) is 3.71. The van der Waals surface area contributed by atoms with Gasteiger partial charge < -0.3 is 9.80 Å². The molecule has 0 saturated carbocycles. The number of rotatable bonds is 3. The van der Waals surface area contributed by atoms with Gasteiger partial charge in [0.25, 0.3) is 5.91 Å². The van der Waals surface area contributed by atoms with Crippen molar-refractivity contribution in [2.75, 3.05) is 31.1 Å². The van der Waals surface area contributed by atoms with E-state index in [9.17, 15) is 4.79 Å². The molecule has 2 aliphatic heterocycles. The van der Waals surface area contributed by atoms with E-state index in [0.717, 1.165) is 60.7 Å². The minimum absolute atomic E-state index is 0.0519. The van der Waals surface area contributed by atoms with Gasteiger partial charge in [-0.25, -0.2) is 9.97 Å². The van der Waals surface area contributed by atoms with Crippen LogP contribution in [0, 0.1) is 18.8 Å². The molecule has 2 bridgehead atoms. The van der Waals surface area contributed by atoms with Gasteiger partial charge in [0.15, 0.2) is 0 Å². The Bertz CT molecular complexity index is 1310. The molecule has 2 saturated heterocycles. The zero-order valence-corrected chi connectivity index (χ0v) is 18.5. The molecule has 8 heteroatoms. The van der Waals surface area contributed by atoms with E-state index < -0.39 is 0 Å². The third-order valence-corrected chi connectivity index (χ3v) is 6.64. The maximum atomic E-state index is 13.6. The van der Waals surface area contributed by atoms with Crippen molar-refractivity contribution in [1.29, 1.82) is 0 Å². The maximum Gasteiger partial charge on any atom is 0.256 e. The quantitative estimate of drug-likeness (QED) is 0.488. The van der Waals surface area contributed by atoms with Gasteiger partial charge in [-0.05, 0) is 43.4 Å². The Labute approximate surface area is 191 Å². The first kappa shape index (κ1) is 19.8. The van der Waals surface area contributed by atoms with Crippen molar-refractivity contribution in [2.45, 2.75) is 13.3 Å². The number of amides is 1. The van der Waals surface area contributed by atoms with Crippen LogP contribution in [0.15, 0.2) is 61.1 Å². The van der Waals surface area contributed by atoms with Crippen LogP contribution in [0.1, 0.15) is 22.3 Å². The minimum atomic E-state index is 0.0519. The van der Waals surface area contributed by atoms with E-state index in [1.54, 1.807) is 12.4 Å². The summed E-state index contributed by atoms with van der Waals surface area (Å²) in [5, 5.41) is 9.53. The number of aryl methyl sites for hydroxylation is 1. The molecule has 0 aliphatic carbocycles. The first-order valence-electron chi connectivity index (χ1n) is 11.4. The van der Waals surface area contributed by atoms with Crippen molar-refractivity contribution in [3.05, 3.63) is 72.2 Å². The number of carbonyl (C=O) groups is 1. The fraction of sp³-hybridized carbons (Fsp3) is 0.320. The number of carbonyl (C=O) groups excluding carboxylic acids is 1. The summed E-state index contributed by atoms with van der Waals surface area (Å²) in [6.07, 6.45) is 6.29. The van der Waals surface area contributed by atoms with Crippen LogP contribution in [0.3, 0.4) is 0 Å². The second-order valence-electron chi connectivity index (χ2n) is 9.15. The minimum Gasteiger partial charge on any atom is -0.340 e. The summed E-state index contributed by atoms with van der Waals surface area (Å²) in [6.45, 7) is 5.20. The molecule has 2 aliphatic rings. The fourth-order valence-electron chi connectivity index (χ4n) is 5.23. The van der Waals surface area contributed by atoms with E-state index in [0.29, 0.717) is 17.4 Å². The van der Waals surface area contributed by atoms with Gasteiger partial charge in [-0.1, -0.05) is 29.8 Å². The number of likely N-dealkylation sites (tertiary alicyclic amines) is 1. The molecule has 2 fully saturated rings. The highest BCUT2D eigenvalue weighted by Gasteiger charge is 2.37. The van der Waals surface area contributed by atoms with Crippen LogP contribution in [-0.2, 0) is 0 Å². The highest BCUT2D eigenvalue weighted by molar-refractivity contribution is 5.98. The highest BCUT2D eigenvalue weighted by atomic mass is 16.2. The molecular weight excluding hydrogens is 414 g/mol. The Morgan fingerprint density at radius 3 is 2.52 bits per heavy atom. The summed E-state index contributed by atoms with van der Waals surface area (Å²) in [6, 6.07) is 13.9. The molecule has 8 nitrogen and oxygen atoms in total. The van der Waals surface area contributed by atoms with Crippen LogP contribution in [0.25, 0.3) is 16.6 Å². The fourth-order valence-corrected chi connectivity index (χ4v) is 5.23. The molecule has 0 N–H and O–H groups in total. The van der Waals surface area contributed by atoms with Gasteiger partial charge in [-0.15, -0.1) is 0 Å². The van der Waals surface area contributed by atoms with Gasteiger partial charge in [0.05, 0.1) is 29.2 Å². The number of fused-ring (bicyclic) bond motifs is 3. The molecule has 33 heavy (non-hydrogen) atoms. The maximum absolute atomic E-state index is 13.6.